The number of aryl methyl sites for hydroxylation is 2. The monoisotopic (exact) mass is 478 g/mol. The van der Waals surface area contributed by atoms with Crippen LogP contribution >= 0.6 is 0 Å². The molecule has 0 spiro atoms. The minimum Gasteiger partial charge on any atom is -0.379 e. The number of anilines is 1. The number of alkyl halides is 1. The molecule has 0 aliphatic carbocycles. The first-order valence-electron chi connectivity index (χ1n) is 12.0. The summed E-state index contributed by atoms with van der Waals surface area (Å²) < 4.78 is 21.0. The normalized spacial score (nSPS) is 19.5. The van der Waals surface area contributed by atoms with E-state index in [1.165, 1.54) is 0 Å². The third-order valence-corrected chi connectivity index (χ3v) is 6.92. The van der Waals surface area contributed by atoms with Crippen molar-refractivity contribution >= 4 is 17.6 Å². The Labute approximate surface area is 205 Å². The van der Waals surface area contributed by atoms with Gasteiger partial charge in [-0.2, -0.15) is 5.26 Å². The molecular formula is C27H31FN4O3. The van der Waals surface area contributed by atoms with Crippen molar-refractivity contribution in [2.75, 3.05) is 31.6 Å². The van der Waals surface area contributed by atoms with Gasteiger partial charge in [-0.3, -0.25) is 4.79 Å². The second-order valence-corrected chi connectivity index (χ2v) is 9.44. The number of nitrogens with one attached hydrogen (secondary N) is 2. The van der Waals surface area contributed by atoms with Crippen LogP contribution in [0.25, 0.3) is 0 Å². The van der Waals surface area contributed by atoms with Crippen LogP contribution in [0.3, 0.4) is 0 Å². The van der Waals surface area contributed by atoms with Crippen LogP contribution in [-0.2, 0) is 10.4 Å². The number of carbonyl (C=O) groups excluding carboxylic acids is 2. The average molecular weight is 479 g/mol. The van der Waals surface area contributed by atoms with E-state index in [1.54, 1.807) is 35.2 Å². The number of nitriles is 1. The van der Waals surface area contributed by atoms with Crippen LogP contribution in [-0.4, -0.2) is 49.2 Å². The van der Waals surface area contributed by atoms with E-state index in [1.807, 2.05) is 26.0 Å². The van der Waals surface area contributed by atoms with Crippen LogP contribution in [0.1, 0.15) is 58.3 Å². The molecule has 0 aromatic heterocycles. The van der Waals surface area contributed by atoms with Crippen LogP contribution in [0, 0.1) is 25.2 Å². The summed E-state index contributed by atoms with van der Waals surface area (Å²) >= 11 is 0. The van der Waals surface area contributed by atoms with Gasteiger partial charge >= 0.3 is 6.03 Å². The lowest BCUT2D eigenvalue weighted by atomic mass is 9.85. The van der Waals surface area contributed by atoms with E-state index in [4.69, 9.17) is 10.00 Å². The molecule has 0 saturated carbocycles. The summed E-state index contributed by atoms with van der Waals surface area (Å²) in [6.07, 6.45) is 2.16. The molecule has 2 aromatic rings. The van der Waals surface area contributed by atoms with Gasteiger partial charge < -0.3 is 20.3 Å². The van der Waals surface area contributed by atoms with E-state index in [9.17, 15) is 9.59 Å². The molecular weight excluding hydrogens is 447 g/mol. The van der Waals surface area contributed by atoms with Crippen molar-refractivity contribution in [3.05, 3.63) is 64.2 Å². The number of halogens is 1. The zero-order chi connectivity index (χ0) is 25.0. The molecule has 3 amide bonds. The second kappa shape index (κ2) is 10.4. The highest BCUT2D eigenvalue weighted by molar-refractivity contribution is 5.98. The second-order valence-electron chi connectivity index (χ2n) is 9.44. The molecule has 2 heterocycles. The molecule has 7 nitrogen and oxygen atoms in total. The lowest BCUT2D eigenvalue weighted by Gasteiger charge is -2.37. The summed E-state index contributed by atoms with van der Waals surface area (Å²) in [5, 5.41) is 14.8. The lowest BCUT2D eigenvalue weighted by molar-refractivity contribution is 0.0421. The smallest absolute Gasteiger partial charge is 0.319 e. The number of hydrogen-bond donors (Lipinski definition) is 2. The van der Waals surface area contributed by atoms with E-state index in [0.717, 1.165) is 30.6 Å². The highest BCUT2D eigenvalue weighted by atomic mass is 19.1. The van der Waals surface area contributed by atoms with Crippen molar-refractivity contribution in [2.45, 2.75) is 51.2 Å². The molecule has 8 heteroatoms. The summed E-state index contributed by atoms with van der Waals surface area (Å²) in [4.78, 5) is 27.5. The Morgan fingerprint density at radius 2 is 1.86 bits per heavy atom. The van der Waals surface area contributed by atoms with Gasteiger partial charge in [0.1, 0.15) is 5.67 Å². The van der Waals surface area contributed by atoms with Gasteiger partial charge in [-0.1, -0.05) is 18.2 Å². The number of nitrogens with zero attached hydrogens (tertiary/aromatic N) is 2. The number of carbonyl (C=O) groups is 2. The minimum atomic E-state index is -1.53. The molecule has 4 rings (SSSR count). The Hall–Kier alpha value is -3.44. The minimum absolute atomic E-state index is 0.0268. The number of hydrogen-bond acceptors (Lipinski definition) is 4. The first-order chi connectivity index (χ1) is 16.8. The van der Waals surface area contributed by atoms with Gasteiger partial charge in [0.15, 0.2) is 0 Å². The fourth-order valence-corrected chi connectivity index (χ4v) is 4.78. The van der Waals surface area contributed by atoms with Crippen LogP contribution in [0.4, 0.5) is 14.9 Å². The summed E-state index contributed by atoms with van der Waals surface area (Å²) in [6.45, 7) is 5.54. The number of piperidine rings is 1. The third-order valence-electron chi connectivity index (χ3n) is 6.92. The SMILES string of the molecule is Cc1cc(C)c(C(=O)N2CCC(F)(c3ccc(C#N)cc3)CC2)cc1NC(=O)N[C@H]1CCCOC1. The molecule has 2 aliphatic heterocycles. The lowest BCUT2D eigenvalue weighted by Crippen LogP contribution is -2.43. The number of rotatable bonds is 4. The van der Waals surface area contributed by atoms with Crippen LogP contribution in [0.2, 0.25) is 0 Å². The number of amides is 3. The summed E-state index contributed by atoms with van der Waals surface area (Å²) in [6, 6.07) is 11.8. The predicted octanol–water partition coefficient (Wildman–Crippen LogP) is 4.58. The third kappa shape index (κ3) is 5.63. The molecule has 184 valence electrons. The Bertz CT molecular complexity index is 1130. The molecule has 2 aromatic carbocycles. The number of ether oxygens (including phenoxy) is 1. The summed E-state index contributed by atoms with van der Waals surface area (Å²) in [7, 11) is 0. The van der Waals surface area contributed by atoms with E-state index in [0.29, 0.717) is 29.0 Å². The number of benzene rings is 2. The van der Waals surface area contributed by atoms with Crippen molar-refractivity contribution in [1.82, 2.24) is 10.2 Å². The maximum atomic E-state index is 15.6. The molecule has 1 atom stereocenters. The maximum absolute atomic E-state index is 15.6. The van der Waals surface area contributed by atoms with Crippen molar-refractivity contribution in [1.29, 1.82) is 5.26 Å². The number of urea groups is 1. The fourth-order valence-electron chi connectivity index (χ4n) is 4.78. The molecule has 0 bridgehead atoms. The fraction of sp³-hybridized carbons (Fsp3) is 0.444. The number of likely N-dealkylation sites (tertiary alicyclic amines) is 1. The Morgan fingerprint density at radius 1 is 1.14 bits per heavy atom. The van der Waals surface area contributed by atoms with Crippen molar-refractivity contribution in [3.63, 3.8) is 0 Å². The molecule has 0 unspecified atom stereocenters. The summed E-state index contributed by atoms with van der Waals surface area (Å²) in [5.41, 5.74) is 2.24. The molecule has 2 N–H and O–H groups in total. The van der Waals surface area contributed by atoms with Gasteiger partial charge in [0.2, 0.25) is 0 Å². The van der Waals surface area contributed by atoms with Crippen LogP contribution in [0.15, 0.2) is 36.4 Å². The maximum Gasteiger partial charge on any atom is 0.319 e. The largest absolute Gasteiger partial charge is 0.379 e. The van der Waals surface area contributed by atoms with Crippen molar-refractivity contribution in [2.24, 2.45) is 0 Å². The average Bonchev–Trinajstić information content (AvgIpc) is 2.86. The Kier molecular flexibility index (Phi) is 7.37. The van der Waals surface area contributed by atoms with E-state index in [-0.39, 0.29) is 43.9 Å². The first-order valence-corrected chi connectivity index (χ1v) is 12.0. The quantitative estimate of drug-likeness (QED) is 0.673. The first kappa shape index (κ1) is 24.7. The predicted molar refractivity (Wildman–Crippen MR) is 131 cm³/mol. The van der Waals surface area contributed by atoms with Gasteiger partial charge in [0, 0.05) is 43.8 Å². The van der Waals surface area contributed by atoms with Crippen LogP contribution < -0.4 is 10.6 Å². The van der Waals surface area contributed by atoms with E-state index in [2.05, 4.69) is 10.6 Å². The molecule has 0 radical (unpaired) electrons. The van der Waals surface area contributed by atoms with Crippen molar-refractivity contribution < 1.29 is 18.7 Å². The Morgan fingerprint density at radius 3 is 2.49 bits per heavy atom. The highest BCUT2D eigenvalue weighted by Crippen LogP contribution is 2.37. The molecule has 2 saturated heterocycles. The van der Waals surface area contributed by atoms with Gasteiger partial charge in [0.05, 0.1) is 24.3 Å². The molecule has 2 fully saturated rings. The Balaban J connectivity index is 1.42. The highest BCUT2D eigenvalue weighted by Gasteiger charge is 2.38. The standard InChI is InChI=1S/C27H31FN4O3/c1-18-14-19(2)24(31-26(34)30-22-4-3-13-35-17-22)15-23(18)25(33)32-11-9-27(28,10-12-32)21-7-5-20(16-29)6-8-21/h5-8,14-15,22H,3-4,9-13,17H2,1-2H3,(H2,30,31,34)/t22-/m0/s1. The van der Waals surface area contributed by atoms with E-state index < -0.39 is 5.67 Å². The molecule has 35 heavy (non-hydrogen) atoms. The van der Waals surface area contributed by atoms with Gasteiger partial charge in [-0.15, -0.1) is 0 Å². The molecule has 2 aliphatic rings. The van der Waals surface area contributed by atoms with Gasteiger partial charge in [0.25, 0.3) is 5.91 Å². The topological polar surface area (TPSA) is 94.5 Å². The van der Waals surface area contributed by atoms with Gasteiger partial charge in [-0.25, -0.2) is 9.18 Å². The summed E-state index contributed by atoms with van der Waals surface area (Å²) in [5.74, 6) is -0.173. The van der Waals surface area contributed by atoms with Crippen molar-refractivity contribution in [3.8, 4) is 6.07 Å². The zero-order valence-electron chi connectivity index (χ0n) is 20.2. The van der Waals surface area contributed by atoms with Crippen LogP contribution in [0.5, 0.6) is 0 Å². The van der Waals surface area contributed by atoms with Gasteiger partial charge in [-0.05, 0) is 61.6 Å². The zero-order valence-corrected chi connectivity index (χ0v) is 20.2. The van der Waals surface area contributed by atoms with E-state index >= 15 is 4.39 Å².